The van der Waals surface area contributed by atoms with Crippen LogP contribution >= 0.6 is 11.3 Å². The van der Waals surface area contributed by atoms with E-state index in [1.54, 1.807) is 18.0 Å². The first-order chi connectivity index (χ1) is 18.9. The summed E-state index contributed by atoms with van der Waals surface area (Å²) >= 11 is 1.43. The summed E-state index contributed by atoms with van der Waals surface area (Å²) in [5.74, 6) is 1.51. The van der Waals surface area contributed by atoms with Gasteiger partial charge in [0, 0.05) is 58.4 Å². The number of nitrogens with one attached hydrogen (secondary N) is 1. The lowest BCUT2D eigenvalue weighted by molar-refractivity contribution is -0.129. The first kappa shape index (κ1) is 24.5. The van der Waals surface area contributed by atoms with E-state index < -0.39 is 0 Å². The number of rotatable bonds is 3. The molecular formula is C28H31N7O3S. The maximum absolute atomic E-state index is 13.9. The minimum absolute atomic E-state index is 0.0448. The van der Waals surface area contributed by atoms with Gasteiger partial charge in [-0.25, -0.2) is 4.98 Å². The fraction of sp³-hybridized carbons (Fsp3) is 0.464. The van der Waals surface area contributed by atoms with E-state index in [2.05, 4.69) is 27.1 Å². The first-order valence-electron chi connectivity index (χ1n) is 13.6. The zero-order valence-corrected chi connectivity index (χ0v) is 22.9. The Morgan fingerprint density at radius 2 is 1.77 bits per heavy atom. The Labute approximate surface area is 229 Å². The number of thiazole rings is 1. The Hall–Kier alpha value is -3.57. The molecule has 202 valence electrons. The molecule has 7 rings (SSSR count). The molecule has 0 bridgehead atoms. The number of likely N-dealkylation sites (tertiary alicyclic amines) is 2. The van der Waals surface area contributed by atoms with Gasteiger partial charge in [-0.05, 0) is 43.9 Å². The van der Waals surface area contributed by atoms with E-state index in [1.165, 1.54) is 11.3 Å². The predicted molar refractivity (Wildman–Crippen MR) is 152 cm³/mol. The fourth-order valence-electron chi connectivity index (χ4n) is 6.63. The molecule has 2 amide bonds. The molecule has 4 aromatic rings. The van der Waals surface area contributed by atoms with E-state index >= 15 is 0 Å². The number of hydrogen-bond acceptors (Lipinski definition) is 8. The summed E-state index contributed by atoms with van der Waals surface area (Å²) in [5, 5.41) is 3.43. The van der Waals surface area contributed by atoms with Crippen LogP contribution in [0, 0.1) is 11.8 Å². The Bertz CT molecular complexity index is 1680. The van der Waals surface area contributed by atoms with Gasteiger partial charge in [-0.3, -0.25) is 18.8 Å². The van der Waals surface area contributed by atoms with Crippen LogP contribution in [0.25, 0.3) is 26.1 Å². The number of anilines is 1. The van der Waals surface area contributed by atoms with Crippen molar-refractivity contribution in [2.45, 2.75) is 25.8 Å². The highest BCUT2D eigenvalue weighted by Gasteiger charge is 2.39. The van der Waals surface area contributed by atoms with Crippen LogP contribution in [0.5, 0.6) is 0 Å². The maximum Gasteiger partial charge on any atom is 0.258 e. The van der Waals surface area contributed by atoms with Crippen molar-refractivity contribution in [2.24, 2.45) is 11.8 Å². The van der Waals surface area contributed by atoms with Crippen LogP contribution in [0.1, 0.15) is 30.1 Å². The summed E-state index contributed by atoms with van der Waals surface area (Å²) in [6, 6.07) is 7.83. The Balaban J connectivity index is 1.30. The van der Waals surface area contributed by atoms with Crippen molar-refractivity contribution in [1.29, 1.82) is 0 Å². The molecule has 0 aliphatic carbocycles. The van der Waals surface area contributed by atoms with Crippen LogP contribution in [0.3, 0.4) is 0 Å². The van der Waals surface area contributed by atoms with Gasteiger partial charge in [0.1, 0.15) is 10.4 Å². The number of fused-ring (bicyclic) bond motifs is 6. The van der Waals surface area contributed by atoms with Gasteiger partial charge in [0.25, 0.3) is 5.91 Å². The van der Waals surface area contributed by atoms with Crippen molar-refractivity contribution in [2.75, 3.05) is 51.2 Å². The van der Waals surface area contributed by atoms with Crippen molar-refractivity contribution < 1.29 is 9.59 Å². The molecular weight excluding hydrogens is 514 g/mol. The predicted octanol–water partition coefficient (Wildman–Crippen LogP) is 2.20. The van der Waals surface area contributed by atoms with Crippen LogP contribution in [0.2, 0.25) is 0 Å². The van der Waals surface area contributed by atoms with Gasteiger partial charge in [0.05, 0.1) is 15.6 Å². The Morgan fingerprint density at radius 1 is 1.05 bits per heavy atom. The maximum atomic E-state index is 13.9. The second-order valence-corrected chi connectivity index (χ2v) is 12.3. The number of para-hydroxylation sites is 1. The normalized spacial score (nSPS) is 22.3. The number of carbonyl (C=O) groups excluding carboxylic acids is 2. The van der Waals surface area contributed by atoms with Crippen molar-refractivity contribution in [1.82, 2.24) is 29.5 Å². The van der Waals surface area contributed by atoms with Crippen LogP contribution in [0.15, 0.2) is 35.3 Å². The van der Waals surface area contributed by atoms with Crippen molar-refractivity contribution in [3.8, 4) is 0 Å². The molecule has 39 heavy (non-hydrogen) atoms. The molecule has 3 aliphatic rings. The number of benzene rings is 1. The van der Waals surface area contributed by atoms with Gasteiger partial charge >= 0.3 is 0 Å². The summed E-state index contributed by atoms with van der Waals surface area (Å²) in [7, 11) is 2.17. The van der Waals surface area contributed by atoms with Gasteiger partial charge in [0.2, 0.25) is 17.3 Å². The lowest BCUT2D eigenvalue weighted by Crippen LogP contribution is -2.46. The van der Waals surface area contributed by atoms with Crippen molar-refractivity contribution in [3.63, 3.8) is 0 Å². The molecule has 11 heteroatoms. The van der Waals surface area contributed by atoms with Crippen LogP contribution in [-0.4, -0.2) is 88.3 Å². The second-order valence-electron chi connectivity index (χ2n) is 11.2. The number of piperidine rings is 1. The Morgan fingerprint density at radius 3 is 2.49 bits per heavy atom. The summed E-state index contributed by atoms with van der Waals surface area (Å²) in [6.45, 7) is 6.74. The topological polar surface area (TPSA) is 103 Å². The van der Waals surface area contributed by atoms with E-state index in [0.29, 0.717) is 59.6 Å². The summed E-state index contributed by atoms with van der Waals surface area (Å²) in [5.41, 5.74) is 1.24. The van der Waals surface area contributed by atoms with Gasteiger partial charge < -0.3 is 20.0 Å². The lowest BCUT2D eigenvalue weighted by Gasteiger charge is -2.31. The summed E-state index contributed by atoms with van der Waals surface area (Å²) in [4.78, 5) is 55.8. The van der Waals surface area contributed by atoms with E-state index in [0.717, 1.165) is 36.4 Å². The molecule has 1 N–H and O–H groups in total. The van der Waals surface area contributed by atoms with E-state index in [-0.39, 0.29) is 28.8 Å². The van der Waals surface area contributed by atoms with E-state index in [9.17, 15) is 14.4 Å². The second kappa shape index (κ2) is 9.27. The molecule has 3 fully saturated rings. The quantitative estimate of drug-likeness (QED) is 0.421. The molecule has 2 atom stereocenters. The van der Waals surface area contributed by atoms with Gasteiger partial charge in [-0.15, -0.1) is 11.3 Å². The largest absolute Gasteiger partial charge is 0.349 e. The molecule has 1 aromatic carbocycles. The highest BCUT2D eigenvalue weighted by molar-refractivity contribution is 7.24. The monoisotopic (exact) mass is 545 g/mol. The zero-order valence-electron chi connectivity index (χ0n) is 22.1. The number of carbonyl (C=O) groups is 2. The minimum Gasteiger partial charge on any atom is -0.349 e. The number of pyridine rings is 1. The highest BCUT2D eigenvalue weighted by Crippen LogP contribution is 2.34. The molecule has 0 radical (unpaired) electrons. The van der Waals surface area contributed by atoms with E-state index in [1.807, 2.05) is 28.7 Å². The third-order valence-electron chi connectivity index (χ3n) is 8.62. The summed E-state index contributed by atoms with van der Waals surface area (Å²) < 4.78 is 2.94. The lowest BCUT2D eigenvalue weighted by atomic mass is 10.0. The standard InChI is InChI=1S/C28H31N7O3S/c1-16(36)33-9-7-19(8-10-33)30-26(38)23-24(37)20-11-29-28(34-14-17-12-32(2)13-18(17)15-34)31-25(20)35-21-5-3-4-6-22(21)39-27(23)35/h3-6,11,17-19H,7-10,12-15H2,1-2H3,(H,30,38). The molecule has 2 unspecified atom stereocenters. The third-order valence-corrected chi connectivity index (χ3v) is 9.77. The minimum atomic E-state index is -0.382. The van der Waals surface area contributed by atoms with Crippen LogP contribution < -0.4 is 15.6 Å². The molecule has 3 aromatic heterocycles. The molecule has 3 aliphatic heterocycles. The number of hydrogen-bond donors (Lipinski definition) is 1. The van der Waals surface area contributed by atoms with Crippen molar-refractivity contribution >= 4 is 55.2 Å². The number of nitrogens with zero attached hydrogens (tertiary/aromatic N) is 6. The van der Waals surface area contributed by atoms with E-state index in [4.69, 9.17) is 4.98 Å². The smallest absolute Gasteiger partial charge is 0.258 e. The first-order valence-corrected chi connectivity index (χ1v) is 14.4. The highest BCUT2D eigenvalue weighted by atomic mass is 32.1. The average molecular weight is 546 g/mol. The fourth-order valence-corrected chi connectivity index (χ4v) is 7.81. The SMILES string of the molecule is CC(=O)N1CCC(NC(=O)c2c(=O)c3cnc(N4CC5CN(C)CC5C4)nc3n3c2sc2ccccc23)CC1. The van der Waals surface area contributed by atoms with Crippen LogP contribution in [-0.2, 0) is 4.79 Å². The summed E-state index contributed by atoms with van der Waals surface area (Å²) in [6.07, 6.45) is 2.92. The molecule has 0 spiro atoms. The van der Waals surface area contributed by atoms with Gasteiger partial charge in [-0.2, -0.15) is 4.98 Å². The molecule has 0 saturated carbocycles. The third kappa shape index (κ3) is 4.06. The van der Waals surface area contributed by atoms with Gasteiger partial charge in [0.15, 0.2) is 5.65 Å². The average Bonchev–Trinajstić information content (AvgIpc) is 3.59. The molecule has 6 heterocycles. The zero-order chi connectivity index (χ0) is 26.8. The van der Waals surface area contributed by atoms with Crippen molar-refractivity contribution in [3.05, 3.63) is 46.2 Å². The molecule has 10 nitrogen and oxygen atoms in total. The Kier molecular flexibility index (Phi) is 5.82. The number of aromatic nitrogens is 3. The van der Waals surface area contributed by atoms with Gasteiger partial charge in [-0.1, -0.05) is 12.1 Å². The molecule has 3 saturated heterocycles. The number of amides is 2. The van der Waals surface area contributed by atoms with Crippen LogP contribution in [0.4, 0.5) is 5.95 Å².